The first-order valence-electron chi connectivity index (χ1n) is 15.1. The second kappa shape index (κ2) is 13.7. The van der Waals surface area contributed by atoms with E-state index in [0.717, 1.165) is 38.8 Å². The van der Waals surface area contributed by atoms with Gasteiger partial charge in [-0.2, -0.15) is 0 Å². The number of phenolic OH excluding ortho intramolecular Hbond substituents is 1. The molecule has 0 saturated heterocycles. The van der Waals surface area contributed by atoms with Crippen LogP contribution in [0, 0.1) is 13.8 Å². The molecule has 0 radical (unpaired) electrons. The number of anilines is 1. The van der Waals surface area contributed by atoms with Crippen LogP contribution in [-0.2, 0) is 0 Å². The normalized spacial score (nSPS) is 11.6. The molecule has 0 heterocycles. The third-order valence-corrected chi connectivity index (χ3v) is 7.70. The standard InChI is InChI=1S/C41H33N3O2/c1-28-17-24-37(29(2)25-28)42-41(46)36-27-34-15-9-10-16-35(34)39(40(36)45)44-43-38-26-32(19-18-30-11-5-3-6-12-30)21-23-33(38)22-20-31-13-7-4-8-14-31/h3-27,45H,1-2H3,(H,42,46). The number of hydrogen-bond donors (Lipinski definition) is 2. The summed E-state index contributed by atoms with van der Waals surface area (Å²) in [4.78, 5) is 13.5. The lowest BCUT2D eigenvalue weighted by molar-refractivity contribution is 0.102. The van der Waals surface area contributed by atoms with Gasteiger partial charge in [0.1, 0.15) is 5.69 Å². The van der Waals surface area contributed by atoms with Crippen molar-refractivity contribution in [2.75, 3.05) is 5.32 Å². The van der Waals surface area contributed by atoms with Crippen LogP contribution in [0.15, 0.2) is 138 Å². The zero-order valence-corrected chi connectivity index (χ0v) is 25.7. The van der Waals surface area contributed by atoms with Gasteiger partial charge in [-0.25, -0.2) is 0 Å². The van der Waals surface area contributed by atoms with E-state index in [-0.39, 0.29) is 17.0 Å². The highest BCUT2D eigenvalue weighted by Gasteiger charge is 2.19. The van der Waals surface area contributed by atoms with Gasteiger partial charge in [0.05, 0.1) is 11.3 Å². The fourth-order valence-electron chi connectivity index (χ4n) is 5.24. The molecule has 0 aliphatic rings. The van der Waals surface area contributed by atoms with Gasteiger partial charge in [0.15, 0.2) is 5.75 Å². The number of nitrogens with zero attached hydrogens (tertiary/aromatic N) is 2. The van der Waals surface area contributed by atoms with Crippen molar-refractivity contribution < 1.29 is 9.90 Å². The molecule has 0 bridgehead atoms. The molecule has 6 rings (SSSR count). The zero-order chi connectivity index (χ0) is 31.9. The van der Waals surface area contributed by atoms with Gasteiger partial charge in [0, 0.05) is 16.6 Å². The SMILES string of the molecule is Cc1ccc(NC(=O)c2cc3ccccc3c(N=Nc3cc(C=Cc4ccccc4)ccc3C=Cc3ccccc3)c2O)c(C)c1. The fraction of sp³-hybridized carbons (Fsp3) is 0.0488. The minimum atomic E-state index is -0.425. The molecule has 0 fully saturated rings. The highest BCUT2D eigenvalue weighted by atomic mass is 16.3. The molecule has 0 unspecified atom stereocenters. The summed E-state index contributed by atoms with van der Waals surface area (Å²) in [5, 5.41) is 25.1. The number of amides is 1. The Labute approximate surface area is 268 Å². The largest absolute Gasteiger partial charge is 0.505 e. The first-order valence-corrected chi connectivity index (χ1v) is 15.1. The van der Waals surface area contributed by atoms with E-state index in [1.165, 1.54) is 0 Å². The zero-order valence-electron chi connectivity index (χ0n) is 25.7. The number of phenols is 1. The van der Waals surface area contributed by atoms with E-state index in [2.05, 4.69) is 15.5 Å². The van der Waals surface area contributed by atoms with Crippen molar-refractivity contribution >= 4 is 58.0 Å². The Morgan fingerprint density at radius 1 is 0.652 bits per heavy atom. The molecule has 0 aliphatic heterocycles. The third kappa shape index (κ3) is 7.01. The van der Waals surface area contributed by atoms with Crippen molar-refractivity contribution in [1.29, 1.82) is 0 Å². The van der Waals surface area contributed by atoms with Crippen LogP contribution in [0.5, 0.6) is 5.75 Å². The van der Waals surface area contributed by atoms with Crippen LogP contribution in [-0.4, -0.2) is 11.0 Å². The van der Waals surface area contributed by atoms with Crippen LogP contribution in [0.1, 0.15) is 43.7 Å². The summed E-state index contributed by atoms with van der Waals surface area (Å²) in [5.41, 5.74) is 7.65. The molecule has 0 spiro atoms. The number of hydrogen-bond acceptors (Lipinski definition) is 4. The van der Waals surface area contributed by atoms with Gasteiger partial charge >= 0.3 is 0 Å². The van der Waals surface area contributed by atoms with Gasteiger partial charge in [-0.1, -0.05) is 139 Å². The van der Waals surface area contributed by atoms with Crippen LogP contribution in [0.4, 0.5) is 17.1 Å². The smallest absolute Gasteiger partial charge is 0.259 e. The van der Waals surface area contributed by atoms with Crippen LogP contribution < -0.4 is 5.32 Å². The Morgan fingerprint density at radius 3 is 2.02 bits per heavy atom. The number of carbonyl (C=O) groups is 1. The van der Waals surface area contributed by atoms with E-state index >= 15 is 0 Å². The van der Waals surface area contributed by atoms with Crippen molar-refractivity contribution in [3.05, 3.63) is 166 Å². The van der Waals surface area contributed by atoms with Gasteiger partial charge < -0.3 is 10.4 Å². The van der Waals surface area contributed by atoms with Crippen molar-refractivity contribution in [1.82, 2.24) is 0 Å². The summed E-state index contributed by atoms with van der Waals surface area (Å²) >= 11 is 0. The predicted molar refractivity (Wildman–Crippen MR) is 191 cm³/mol. The lowest BCUT2D eigenvalue weighted by atomic mass is 10.0. The Bertz CT molecular complexity index is 2110. The summed E-state index contributed by atoms with van der Waals surface area (Å²) in [5.74, 6) is -0.655. The first-order chi connectivity index (χ1) is 22.4. The van der Waals surface area contributed by atoms with E-state index in [1.54, 1.807) is 6.07 Å². The average molecular weight is 600 g/mol. The number of fused-ring (bicyclic) bond motifs is 1. The molecule has 0 atom stereocenters. The molecule has 1 amide bonds. The summed E-state index contributed by atoms with van der Waals surface area (Å²) in [6.07, 6.45) is 8.11. The van der Waals surface area contributed by atoms with Gasteiger partial charge in [-0.05, 0) is 59.7 Å². The second-order valence-corrected chi connectivity index (χ2v) is 11.1. The minimum absolute atomic E-state index is 0.122. The molecule has 224 valence electrons. The molecule has 0 aliphatic carbocycles. The van der Waals surface area contributed by atoms with E-state index in [0.29, 0.717) is 16.8 Å². The number of benzene rings is 6. The Hall–Kier alpha value is -6.07. The van der Waals surface area contributed by atoms with Gasteiger partial charge in [-0.3, -0.25) is 4.79 Å². The maximum Gasteiger partial charge on any atom is 0.259 e. The molecule has 0 saturated carbocycles. The van der Waals surface area contributed by atoms with Gasteiger partial charge in [0.25, 0.3) is 5.91 Å². The molecular formula is C41H33N3O2. The van der Waals surface area contributed by atoms with Crippen LogP contribution in [0.25, 0.3) is 35.1 Å². The van der Waals surface area contributed by atoms with Gasteiger partial charge in [-0.15, -0.1) is 10.2 Å². The number of nitrogens with one attached hydrogen (secondary N) is 1. The molecular weight excluding hydrogens is 566 g/mol. The van der Waals surface area contributed by atoms with E-state index in [9.17, 15) is 9.90 Å². The predicted octanol–water partition coefficient (Wildman–Crippen LogP) is 11.2. The lowest BCUT2D eigenvalue weighted by Crippen LogP contribution is -2.13. The van der Waals surface area contributed by atoms with Crippen molar-refractivity contribution in [2.24, 2.45) is 10.2 Å². The quantitative estimate of drug-likeness (QED) is 0.135. The molecule has 46 heavy (non-hydrogen) atoms. The minimum Gasteiger partial charge on any atom is -0.505 e. The topological polar surface area (TPSA) is 74.0 Å². The number of carbonyl (C=O) groups excluding carboxylic acids is 1. The Kier molecular flexibility index (Phi) is 8.93. The van der Waals surface area contributed by atoms with E-state index < -0.39 is 5.91 Å². The highest BCUT2D eigenvalue weighted by molar-refractivity contribution is 6.12. The number of aryl methyl sites for hydroxylation is 2. The van der Waals surface area contributed by atoms with Crippen molar-refractivity contribution in [3.8, 4) is 5.75 Å². The monoisotopic (exact) mass is 599 g/mol. The third-order valence-electron chi connectivity index (χ3n) is 7.70. The maximum atomic E-state index is 13.5. The van der Waals surface area contributed by atoms with Crippen LogP contribution in [0.3, 0.4) is 0 Å². The van der Waals surface area contributed by atoms with E-state index in [1.807, 2.05) is 159 Å². The van der Waals surface area contributed by atoms with E-state index in [4.69, 9.17) is 0 Å². The summed E-state index contributed by atoms with van der Waals surface area (Å²) in [6.45, 7) is 3.94. The first kappa shape index (κ1) is 30.0. The second-order valence-electron chi connectivity index (χ2n) is 11.1. The number of aromatic hydroxyl groups is 1. The number of azo groups is 1. The fourth-order valence-corrected chi connectivity index (χ4v) is 5.24. The van der Waals surface area contributed by atoms with Crippen molar-refractivity contribution in [3.63, 3.8) is 0 Å². The highest BCUT2D eigenvalue weighted by Crippen LogP contribution is 2.40. The van der Waals surface area contributed by atoms with Crippen LogP contribution in [0.2, 0.25) is 0 Å². The van der Waals surface area contributed by atoms with Gasteiger partial charge in [0.2, 0.25) is 0 Å². The Balaban J connectivity index is 1.41. The number of rotatable bonds is 8. The van der Waals surface area contributed by atoms with Crippen molar-refractivity contribution in [2.45, 2.75) is 13.8 Å². The molecule has 5 heteroatoms. The molecule has 2 N–H and O–H groups in total. The molecule has 6 aromatic carbocycles. The average Bonchev–Trinajstić information content (AvgIpc) is 3.08. The van der Waals surface area contributed by atoms with Crippen LogP contribution >= 0.6 is 0 Å². The summed E-state index contributed by atoms with van der Waals surface area (Å²) in [6, 6.07) is 41.2. The summed E-state index contributed by atoms with van der Waals surface area (Å²) < 4.78 is 0. The molecule has 0 aromatic heterocycles. The molecule has 6 aromatic rings. The molecule has 5 nitrogen and oxygen atoms in total. The summed E-state index contributed by atoms with van der Waals surface area (Å²) in [7, 11) is 0. The maximum absolute atomic E-state index is 13.5. The lowest BCUT2D eigenvalue weighted by Gasteiger charge is -2.13. The Morgan fingerprint density at radius 2 is 1.30 bits per heavy atom.